The molecule has 2 fully saturated rings. The first-order valence-electron chi connectivity index (χ1n) is 6.99. The maximum absolute atomic E-state index is 13.1. The first-order valence-corrected chi connectivity index (χ1v) is 6.99. The summed E-state index contributed by atoms with van der Waals surface area (Å²) in [6.45, 7) is 0.844. The topological polar surface area (TPSA) is 69.6 Å². The van der Waals surface area contributed by atoms with Gasteiger partial charge in [-0.1, -0.05) is 0 Å². The molecule has 104 valence electrons. The lowest BCUT2D eigenvalue weighted by Gasteiger charge is -2.15. The third-order valence-electron chi connectivity index (χ3n) is 4.59. The number of hydrogen-bond donors (Lipinski definition) is 1. The van der Waals surface area contributed by atoms with E-state index in [-0.39, 0.29) is 5.82 Å². The quantitative estimate of drug-likeness (QED) is 0.867. The minimum absolute atomic E-state index is 0.345. The molecule has 0 aliphatic heterocycles. The minimum atomic E-state index is -0.345. The van der Waals surface area contributed by atoms with E-state index in [1.807, 2.05) is 4.68 Å². The Bertz CT molecular complexity index is 657. The van der Waals surface area contributed by atoms with Crippen LogP contribution in [0.15, 0.2) is 18.2 Å². The van der Waals surface area contributed by atoms with Crippen LogP contribution in [0.25, 0.3) is 11.4 Å². The Kier molecular flexibility index (Phi) is 2.37. The van der Waals surface area contributed by atoms with E-state index < -0.39 is 0 Å². The minimum Gasteiger partial charge on any atom is -0.398 e. The van der Waals surface area contributed by atoms with Crippen LogP contribution in [-0.2, 0) is 6.54 Å². The van der Waals surface area contributed by atoms with Crippen molar-refractivity contribution in [1.29, 1.82) is 0 Å². The molecule has 2 N–H and O–H groups in total. The number of rotatable bonds is 4. The van der Waals surface area contributed by atoms with Crippen molar-refractivity contribution in [3.8, 4) is 11.4 Å². The summed E-state index contributed by atoms with van der Waals surface area (Å²) >= 11 is 0. The van der Waals surface area contributed by atoms with E-state index in [1.165, 1.54) is 37.8 Å². The molecule has 0 amide bonds. The number of hydrogen-bond acceptors (Lipinski definition) is 4. The molecule has 2 aromatic rings. The Morgan fingerprint density at radius 1 is 1.35 bits per heavy atom. The van der Waals surface area contributed by atoms with Gasteiger partial charge >= 0.3 is 0 Å². The molecular weight excluding hydrogens is 257 g/mol. The van der Waals surface area contributed by atoms with E-state index in [0.717, 1.165) is 12.5 Å². The normalized spacial score (nSPS) is 20.1. The van der Waals surface area contributed by atoms with Gasteiger partial charge in [0, 0.05) is 11.3 Å². The van der Waals surface area contributed by atoms with Crippen molar-refractivity contribution in [3.63, 3.8) is 0 Å². The molecule has 2 aliphatic carbocycles. The maximum atomic E-state index is 13.1. The van der Waals surface area contributed by atoms with E-state index in [1.54, 1.807) is 6.07 Å². The van der Waals surface area contributed by atoms with E-state index in [0.29, 0.717) is 22.5 Å². The van der Waals surface area contributed by atoms with Crippen LogP contribution in [0.3, 0.4) is 0 Å². The third-order valence-corrected chi connectivity index (χ3v) is 4.59. The molecule has 0 unspecified atom stereocenters. The molecule has 0 spiro atoms. The molecular formula is C14H16FN5. The fraction of sp³-hybridized carbons (Fsp3) is 0.500. The van der Waals surface area contributed by atoms with Gasteiger partial charge in [-0.05, 0) is 65.6 Å². The van der Waals surface area contributed by atoms with Crippen LogP contribution in [-0.4, -0.2) is 20.2 Å². The Morgan fingerprint density at radius 3 is 2.80 bits per heavy atom. The first kappa shape index (κ1) is 11.8. The lowest BCUT2D eigenvalue weighted by atomic mass is 10.0. The van der Waals surface area contributed by atoms with E-state index in [9.17, 15) is 4.39 Å². The predicted octanol–water partition coefficient (Wildman–Crippen LogP) is 2.25. The van der Waals surface area contributed by atoms with Gasteiger partial charge in [-0.25, -0.2) is 9.07 Å². The number of nitrogen functional groups attached to an aromatic ring is 1. The number of anilines is 1. The molecule has 0 bridgehead atoms. The fourth-order valence-electron chi connectivity index (χ4n) is 3.09. The zero-order valence-corrected chi connectivity index (χ0v) is 11.1. The average molecular weight is 273 g/mol. The summed E-state index contributed by atoms with van der Waals surface area (Å²) in [5, 5.41) is 11.9. The van der Waals surface area contributed by atoms with E-state index in [4.69, 9.17) is 5.73 Å². The molecule has 1 aromatic heterocycles. The van der Waals surface area contributed by atoms with E-state index in [2.05, 4.69) is 15.5 Å². The molecule has 0 saturated heterocycles. The number of tetrazole rings is 1. The molecule has 1 heterocycles. The Morgan fingerprint density at radius 2 is 2.15 bits per heavy atom. The van der Waals surface area contributed by atoms with Crippen molar-refractivity contribution >= 4 is 5.69 Å². The van der Waals surface area contributed by atoms with Crippen molar-refractivity contribution in [2.24, 2.45) is 11.3 Å². The van der Waals surface area contributed by atoms with Gasteiger partial charge in [-0.15, -0.1) is 5.10 Å². The van der Waals surface area contributed by atoms with Crippen molar-refractivity contribution in [3.05, 3.63) is 24.0 Å². The van der Waals surface area contributed by atoms with Gasteiger partial charge in [0.15, 0.2) is 5.82 Å². The first-order chi connectivity index (χ1) is 9.68. The molecule has 20 heavy (non-hydrogen) atoms. The highest BCUT2D eigenvalue weighted by atomic mass is 19.1. The van der Waals surface area contributed by atoms with Crippen LogP contribution >= 0.6 is 0 Å². The van der Waals surface area contributed by atoms with Crippen LogP contribution in [0, 0.1) is 17.2 Å². The molecule has 0 radical (unpaired) electrons. The smallest absolute Gasteiger partial charge is 0.184 e. The lowest BCUT2D eigenvalue weighted by molar-refractivity contribution is 0.348. The molecule has 6 heteroatoms. The van der Waals surface area contributed by atoms with Crippen LogP contribution in [0.1, 0.15) is 25.7 Å². The number of nitrogens with two attached hydrogens (primary N) is 1. The van der Waals surface area contributed by atoms with Gasteiger partial charge in [0.05, 0.1) is 6.54 Å². The number of aromatic nitrogens is 4. The van der Waals surface area contributed by atoms with Gasteiger partial charge in [-0.2, -0.15) is 0 Å². The van der Waals surface area contributed by atoms with Gasteiger partial charge in [0.1, 0.15) is 5.82 Å². The number of halogens is 1. The fourth-order valence-corrected chi connectivity index (χ4v) is 3.09. The summed E-state index contributed by atoms with van der Waals surface area (Å²) in [5.74, 6) is 1.13. The summed E-state index contributed by atoms with van der Waals surface area (Å²) in [6.07, 6.45) is 5.18. The summed E-state index contributed by atoms with van der Waals surface area (Å²) in [4.78, 5) is 0. The van der Waals surface area contributed by atoms with Gasteiger partial charge in [0.2, 0.25) is 0 Å². The lowest BCUT2D eigenvalue weighted by Crippen LogP contribution is -2.16. The second-order valence-electron chi connectivity index (χ2n) is 6.03. The van der Waals surface area contributed by atoms with Gasteiger partial charge in [-0.3, -0.25) is 0 Å². The van der Waals surface area contributed by atoms with Crippen LogP contribution < -0.4 is 5.73 Å². The zero-order valence-electron chi connectivity index (χ0n) is 11.1. The largest absolute Gasteiger partial charge is 0.398 e. The van der Waals surface area contributed by atoms with Gasteiger partial charge in [0.25, 0.3) is 0 Å². The summed E-state index contributed by atoms with van der Waals surface area (Å²) in [7, 11) is 0. The van der Waals surface area contributed by atoms with Crippen LogP contribution in [0.4, 0.5) is 10.1 Å². The van der Waals surface area contributed by atoms with E-state index >= 15 is 0 Å². The maximum Gasteiger partial charge on any atom is 0.184 e. The number of benzene rings is 1. The predicted molar refractivity (Wildman–Crippen MR) is 72.0 cm³/mol. The Hall–Kier alpha value is -1.98. The number of nitrogens with zero attached hydrogens (tertiary/aromatic N) is 4. The average Bonchev–Trinajstić information content (AvgIpc) is 3.29. The highest BCUT2D eigenvalue weighted by Gasteiger charge is 2.54. The third kappa shape index (κ3) is 1.87. The summed E-state index contributed by atoms with van der Waals surface area (Å²) in [5.41, 5.74) is 7.36. The summed E-state index contributed by atoms with van der Waals surface area (Å²) < 4.78 is 15.0. The molecule has 5 nitrogen and oxygen atoms in total. The monoisotopic (exact) mass is 273 g/mol. The second kappa shape index (κ2) is 4.01. The Labute approximate surface area is 116 Å². The molecule has 1 aromatic carbocycles. The van der Waals surface area contributed by atoms with Crippen molar-refractivity contribution in [2.45, 2.75) is 32.2 Å². The molecule has 4 rings (SSSR count). The zero-order chi connectivity index (χ0) is 13.7. The molecule has 0 atom stereocenters. The Balaban J connectivity index is 1.67. The van der Waals surface area contributed by atoms with Crippen LogP contribution in [0.5, 0.6) is 0 Å². The summed E-state index contributed by atoms with van der Waals surface area (Å²) in [6, 6.07) is 4.34. The highest BCUT2D eigenvalue weighted by Crippen LogP contribution is 2.62. The molecule has 2 saturated carbocycles. The SMILES string of the molecule is Nc1cc(F)ccc1-c1nnnn1CC1(C2CC2)CC1. The standard InChI is InChI=1S/C14H16FN5/c15-10-3-4-11(12(16)7-10)13-17-18-19-20(13)8-14(5-6-14)9-1-2-9/h3-4,7,9H,1-2,5-6,8,16H2. The highest BCUT2D eigenvalue weighted by molar-refractivity contribution is 5.71. The van der Waals surface area contributed by atoms with Crippen molar-refractivity contribution in [2.75, 3.05) is 5.73 Å². The van der Waals surface area contributed by atoms with Crippen molar-refractivity contribution < 1.29 is 4.39 Å². The van der Waals surface area contributed by atoms with Gasteiger partial charge < -0.3 is 5.73 Å². The molecule has 2 aliphatic rings. The van der Waals surface area contributed by atoms with Crippen LogP contribution in [0.2, 0.25) is 0 Å². The second-order valence-corrected chi connectivity index (χ2v) is 6.03. The van der Waals surface area contributed by atoms with Crippen molar-refractivity contribution in [1.82, 2.24) is 20.2 Å².